The maximum absolute atomic E-state index is 12.5. The first-order valence-corrected chi connectivity index (χ1v) is 11.5. The largest absolute Gasteiger partial charge is 0.394 e. The van der Waals surface area contributed by atoms with Gasteiger partial charge in [0.2, 0.25) is 0 Å². The van der Waals surface area contributed by atoms with Gasteiger partial charge in [-0.25, -0.2) is 0 Å². The first kappa shape index (κ1) is 25.0. The third-order valence-electron chi connectivity index (χ3n) is 6.18. The lowest BCUT2D eigenvalue weighted by Crippen LogP contribution is -2.34. The molecule has 0 aliphatic carbocycles. The van der Waals surface area contributed by atoms with Crippen LogP contribution in [0.2, 0.25) is 0 Å². The van der Waals surface area contributed by atoms with Crippen molar-refractivity contribution < 1.29 is 15.0 Å². The van der Waals surface area contributed by atoms with E-state index in [4.69, 9.17) is 5.11 Å². The summed E-state index contributed by atoms with van der Waals surface area (Å²) in [7, 11) is 1.91. The summed E-state index contributed by atoms with van der Waals surface area (Å²) in [6.45, 7) is 7.37. The summed E-state index contributed by atoms with van der Waals surface area (Å²) in [6, 6.07) is 18.7. The van der Waals surface area contributed by atoms with Gasteiger partial charge in [-0.15, -0.1) is 0 Å². The Morgan fingerprint density at radius 1 is 1.12 bits per heavy atom. The number of fused-ring (bicyclic) bond motifs is 1. The van der Waals surface area contributed by atoms with Gasteiger partial charge in [-0.2, -0.15) is 5.26 Å². The van der Waals surface area contributed by atoms with Gasteiger partial charge in [0, 0.05) is 43.8 Å². The second-order valence-electron chi connectivity index (χ2n) is 8.24. The molecule has 0 saturated heterocycles. The molecule has 0 bridgehead atoms. The van der Waals surface area contributed by atoms with E-state index in [2.05, 4.69) is 60.5 Å². The molecule has 7 heteroatoms. The lowest BCUT2D eigenvalue weighted by atomic mass is 10.0. The molecule has 0 fully saturated rings. The normalized spacial score (nSPS) is 12.7. The van der Waals surface area contributed by atoms with Crippen molar-refractivity contribution in [1.82, 2.24) is 9.88 Å². The molecule has 1 aromatic heterocycles. The highest BCUT2D eigenvalue weighted by atomic mass is 16.3. The Morgan fingerprint density at radius 2 is 1.79 bits per heavy atom. The number of hydrogen-bond donors (Lipinski definition) is 3. The Kier molecular flexibility index (Phi) is 8.11. The summed E-state index contributed by atoms with van der Waals surface area (Å²) in [5.41, 5.74) is 4.48. The fraction of sp³-hybridized carbons (Fsp3) is 0.333. The highest BCUT2D eigenvalue weighted by molar-refractivity contribution is 6.04. The summed E-state index contributed by atoms with van der Waals surface area (Å²) in [5.74, 6) is -0.579. The first-order chi connectivity index (χ1) is 16.3. The molecular formula is C27H32N4O3. The molecule has 3 N–H and O–H groups in total. The van der Waals surface area contributed by atoms with E-state index in [1.54, 1.807) is 6.92 Å². The number of carbonyl (C=O) groups excluding carboxylic acids is 1. The van der Waals surface area contributed by atoms with E-state index in [1.165, 1.54) is 11.1 Å². The van der Waals surface area contributed by atoms with Gasteiger partial charge in [0.1, 0.15) is 11.6 Å². The Balaban J connectivity index is 1.93. The van der Waals surface area contributed by atoms with Gasteiger partial charge in [-0.3, -0.25) is 4.79 Å². The lowest BCUT2D eigenvalue weighted by Gasteiger charge is -2.21. The molecule has 0 aliphatic heterocycles. The van der Waals surface area contributed by atoms with E-state index in [0.717, 1.165) is 35.4 Å². The minimum absolute atomic E-state index is 0.0275. The summed E-state index contributed by atoms with van der Waals surface area (Å²) in [4.78, 5) is 14.8. The minimum Gasteiger partial charge on any atom is -0.394 e. The highest BCUT2D eigenvalue weighted by Crippen LogP contribution is 2.30. The number of nitrogens with zero attached hydrogens (tertiary/aromatic N) is 3. The van der Waals surface area contributed by atoms with Gasteiger partial charge in [-0.1, -0.05) is 18.2 Å². The van der Waals surface area contributed by atoms with Crippen molar-refractivity contribution >= 4 is 27.9 Å². The molecule has 1 heterocycles. The van der Waals surface area contributed by atoms with Crippen LogP contribution in [0.4, 0.5) is 5.69 Å². The van der Waals surface area contributed by atoms with E-state index >= 15 is 0 Å². The number of allylic oxidation sites excluding steroid dienone is 1. The average Bonchev–Trinajstić information content (AvgIpc) is 3.24. The zero-order valence-corrected chi connectivity index (χ0v) is 20.2. The van der Waals surface area contributed by atoms with Gasteiger partial charge in [0.05, 0.1) is 12.7 Å². The molecule has 34 heavy (non-hydrogen) atoms. The van der Waals surface area contributed by atoms with Crippen LogP contribution in [0, 0.1) is 11.3 Å². The third-order valence-corrected chi connectivity index (χ3v) is 6.18. The summed E-state index contributed by atoms with van der Waals surface area (Å²) >= 11 is 0. The average molecular weight is 461 g/mol. The molecule has 1 atom stereocenters. The summed E-state index contributed by atoms with van der Waals surface area (Å²) < 4.78 is 1.97. The fourth-order valence-electron chi connectivity index (χ4n) is 4.15. The monoisotopic (exact) mass is 460 g/mol. The fourth-order valence-corrected chi connectivity index (χ4v) is 4.15. The number of aliphatic hydroxyl groups is 2. The van der Waals surface area contributed by atoms with Crippen LogP contribution in [0.1, 0.15) is 26.5 Å². The van der Waals surface area contributed by atoms with Crippen LogP contribution in [0.15, 0.2) is 54.1 Å². The molecule has 3 aromatic rings. The van der Waals surface area contributed by atoms with E-state index < -0.39 is 18.6 Å². The van der Waals surface area contributed by atoms with Crippen LogP contribution in [0.5, 0.6) is 0 Å². The predicted octanol–water partition coefficient (Wildman–Crippen LogP) is 3.46. The van der Waals surface area contributed by atoms with Crippen LogP contribution in [0.3, 0.4) is 0 Å². The number of anilines is 1. The number of rotatable bonds is 9. The van der Waals surface area contributed by atoms with Crippen molar-refractivity contribution in [2.45, 2.75) is 26.9 Å². The molecule has 7 nitrogen and oxygen atoms in total. The van der Waals surface area contributed by atoms with Crippen LogP contribution in [-0.4, -0.2) is 53.0 Å². The van der Waals surface area contributed by atoms with E-state index in [9.17, 15) is 15.2 Å². The van der Waals surface area contributed by atoms with Crippen LogP contribution in [-0.2, 0) is 11.8 Å². The molecule has 0 radical (unpaired) electrons. The number of amides is 1. The van der Waals surface area contributed by atoms with E-state index in [-0.39, 0.29) is 12.1 Å². The molecule has 0 saturated carbocycles. The minimum atomic E-state index is -1.07. The predicted molar refractivity (Wildman–Crippen MR) is 136 cm³/mol. The second kappa shape index (κ2) is 11.0. The van der Waals surface area contributed by atoms with Crippen molar-refractivity contribution in [2.24, 2.45) is 7.05 Å². The van der Waals surface area contributed by atoms with Crippen molar-refractivity contribution in [3.05, 3.63) is 59.8 Å². The summed E-state index contributed by atoms with van der Waals surface area (Å²) in [6.07, 6.45) is -1.07. The van der Waals surface area contributed by atoms with Crippen molar-refractivity contribution in [1.29, 1.82) is 5.26 Å². The topological polar surface area (TPSA) is 102 Å². The first-order valence-electron chi connectivity index (χ1n) is 11.5. The molecule has 0 aliphatic rings. The van der Waals surface area contributed by atoms with Crippen LogP contribution < -0.4 is 10.2 Å². The number of aliphatic hydroxyl groups excluding tert-OH is 2. The zero-order chi connectivity index (χ0) is 24.8. The summed E-state index contributed by atoms with van der Waals surface area (Å²) in [5, 5.41) is 32.8. The molecule has 3 rings (SSSR count). The lowest BCUT2D eigenvalue weighted by molar-refractivity contribution is -0.117. The number of carbonyl (C=O) groups is 1. The standard InChI is InChI=1S/C27H32N4O3/c1-5-31(6-2)22-10-9-19-13-21(8-7-20(19)14-22)26-12-11-25(30(26)4)18(3)24(15-28)27(34)29-16-23(33)17-32/h7-14,23,32-33H,5-6,16-17H2,1-4H3,(H,29,34)/b24-18+. The van der Waals surface area contributed by atoms with E-state index in [1.807, 2.05) is 29.8 Å². The van der Waals surface area contributed by atoms with Gasteiger partial charge >= 0.3 is 0 Å². The third kappa shape index (κ3) is 5.14. The highest BCUT2D eigenvalue weighted by Gasteiger charge is 2.18. The SMILES string of the molecule is CCN(CC)c1ccc2cc(-c3ccc(/C(C)=C(\C#N)C(=O)NCC(O)CO)n3C)ccc2c1. The van der Waals surface area contributed by atoms with Crippen LogP contribution in [0.25, 0.3) is 27.6 Å². The quantitative estimate of drug-likeness (QED) is 0.335. The van der Waals surface area contributed by atoms with E-state index in [0.29, 0.717) is 5.57 Å². The Hall–Kier alpha value is -3.60. The van der Waals surface area contributed by atoms with Gasteiger partial charge in [0.25, 0.3) is 5.91 Å². The number of benzene rings is 2. The molecule has 1 amide bonds. The van der Waals surface area contributed by atoms with Crippen molar-refractivity contribution in [2.75, 3.05) is 31.1 Å². The Morgan fingerprint density at radius 3 is 2.44 bits per heavy atom. The Bertz CT molecular complexity index is 1250. The number of aromatic nitrogens is 1. The molecule has 178 valence electrons. The maximum atomic E-state index is 12.5. The number of hydrogen-bond acceptors (Lipinski definition) is 5. The van der Waals surface area contributed by atoms with Gasteiger partial charge in [0.15, 0.2) is 0 Å². The molecule has 1 unspecified atom stereocenters. The van der Waals surface area contributed by atoms with Gasteiger partial charge < -0.3 is 25.0 Å². The van der Waals surface area contributed by atoms with Gasteiger partial charge in [-0.05, 0) is 73.0 Å². The van der Waals surface area contributed by atoms with Crippen molar-refractivity contribution in [3.8, 4) is 17.3 Å². The molecular weight excluding hydrogens is 428 g/mol. The maximum Gasteiger partial charge on any atom is 0.262 e. The smallest absolute Gasteiger partial charge is 0.262 e. The Labute approximate surface area is 200 Å². The zero-order valence-electron chi connectivity index (χ0n) is 20.2. The van der Waals surface area contributed by atoms with Crippen molar-refractivity contribution in [3.63, 3.8) is 0 Å². The second-order valence-corrected chi connectivity index (χ2v) is 8.24. The molecule has 0 spiro atoms. The number of nitriles is 1. The van der Waals surface area contributed by atoms with Crippen LogP contribution >= 0.6 is 0 Å². The number of nitrogens with one attached hydrogen (secondary N) is 1. The molecule has 2 aromatic carbocycles.